The second kappa shape index (κ2) is 37.3. The Morgan fingerprint density at radius 1 is 0.520 bits per heavy atom. The van der Waals surface area contributed by atoms with Crippen LogP contribution in [-0.4, -0.2) is 41.0 Å². The number of ether oxygens (including phenoxy) is 2. The van der Waals surface area contributed by atoms with Gasteiger partial charge in [0.2, 0.25) is 0 Å². The first-order valence-electron chi connectivity index (χ1n) is 20.6. The standard InChI is InChI=1S/C41H77O8P/c1-3-5-7-9-11-13-15-17-18-19-20-21-22-24-25-27-29-31-33-35-40(42)47-37-39(38-48-50(44,45)46)49-41(43)36-34-32-30-28-26-23-16-14-12-10-8-6-4-2/h11,13,17-18,39H,3-10,12,14-16,19-38H2,1-2H3,(H2,44,45,46)/b13-11-,18-17-/t39-/m1/s1. The van der Waals surface area contributed by atoms with Gasteiger partial charge in [-0.2, -0.15) is 0 Å². The normalized spacial score (nSPS) is 12.6. The van der Waals surface area contributed by atoms with Crippen molar-refractivity contribution in [3.8, 4) is 0 Å². The van der Waals surface area contributed by atoms with Crippen LogP contribution in [0, 0.1) is 0 Å². The fraction of sp³-hybridized carbons (Fsp3) is 0.854. The predicted molar refractivity (Wildman–Crippen MR) is 207 cm³/mol. The number of esters is 2. The van der Waals surface area contributed by atoms with Gasteiger partial charge in [-0.25, -0.2) is 4.57 Å². The number of phosphoric acid groups is 1. The second-order valence-electron chi connectivity index (χ2n) is 14.0. The molecule has 0 spiro atoms. The monoisotopic (exact) mass is 729 g/mol. The molecule has 0 aliphatic rings. The molecule has 0 rings (SSSR count). The van der Waals surface area contributed by atoms with Crippen LogP contribution in [0.5, 0.6) is 0 Å². The van der Waals surface area contributed by atoms with Gasteiger partial charge in [0, 0.05) is 12.8 Å². The lowest BCUT2D eigenvalue weighted by Crippen LogP contribution is -2.29. The van der Waals surface area contributed by atoms with Crippen LogP contribution in [0.15, 0.2) is 24.3 Å². The molecule has 0 bridgehead atoms. The van der Waals surface area contributed by atoms with Crippen molar-refractivity contribution >= 4 is 19.8 Å². The van der Waals surface area contributed by atoms with Gasteiger partial charge in [0.25, 0.3) is 0 Å². The fourth-order valence-corrected chi connectivity index (χ4v) is 6.23. The Morgan fingerprint density at radius 2 is 0.900 bits per heavy atom. The number of hydrogen-bond donors (Lipinski definition) is 2. The maximum Gasteiger partial charge on any atom is 0.469 e. The Kier molecular flexibility index (Phi) is 36.2. The van der Waals surface area contributed by atoms with Crippen molar-refractivity contribution in [3.63, 3.8) is 0 Å². The van der Waals surface area contributed by atoms with Gasteiger partial charge in [-0.15, -0.1) is 0 Å². The maximum atomic E-state index is 12.4. The van der Waals surface area contributed by atoms with Crippen molar-refractivity contribution in [3.05, 3.63) is 24.3 Å². The molecule has 0 aliphatic carbocycles. The quantitative estimate of drug-likeness (QED) is 0.0279. The van der Waals surface area contributed by atoms with Crippen LogP contribution >= 0.6 is 7.82 Å². The molecule has 0 saturated heterocycles. The molecular weight excluding hydrogens is 651 g/mol. The summed E-state index contributed by atoms with van der Waals surface area (Å²) in [6, 6.07) is 0. The molecule has 8 nitrogen and oxygen atoms in total. The molecular formula is C41H77O8P. The molecule has 0 aromatic heterocycles. The van der Waals surface area contributed by atoms with Crippen LogP contribution in [0.2, 0.25) is 0 Å². The minimum Gasteiger partial charge on any atom is -0.462 e. The summed E-state index contributed by atoms with van der Waals surface area (Å²) < 4.78 is 26.4. The summed E-state index contributed by atoms with van der Waals surface area (Å²) >= 11 is 0. The molecule has 0 unspecified atom stereocenters. The highest BCUT2D eigenvalue weighted by atomic mass is 31.2. The highest BCUT2D eigenvalue weighted by molar-refractivity contribution is 7.46. The van der Waals surface area contributed by atoms with E-state index in [0.29, 0.717) is 6.42 Å². The van der Waals surface area contributed by atoms with Crippen molar-refractivity contribution in [2.75, 3.05) is 13.2 Å². The molecule has 0 fully saturated rings. The van der Waals surface area contributed by atoms with E-state index in [1.807, 2.05) is 0 Å². The molecule has 0 aromatic rings. The number of phosphoric ester groups is 1. The second-order valence-corrected chi connectivity index (χ2v) is 15.2. The highest BCUT2D eigenvalue weighted by Crippen LogP contribution is 2.36. The first-order valence-corrected chi connectivity index (χ1v) is 22.2. The number of carbonyl (C=O) groups excluding carboxylic acids is 2. The van der Waals surface area contributed by atoms with Crippen LogP contribution in [0.4, 0.5) is 0 Å². The first-order chi connectivity index (χ1) is 24.3. The van der Waals surface area contributed by atoms with E-state index in [4.69, 9.17) is 19.3 Å². The van der Waals surface area contributed by atoms with E-state index in [0.717, 1.165) is 51.4 Å². The van der Waals surface area contributed by atoms with E-state index in [1.54, 1.807) is 0 Å². The lowest BCUT2D eigenvalue weighted by atomic mass is 10.0. The van der Waals surface area contributed by atoms with Crippen LogP contribution in [0.25, 0.3) is 0 Å². The zero-order valence-electron chi connectivity index (χ0n) is 32.3. The Hall–Kier alpha value is -1.47. The van der Waals surface area contributed by atoms with Crippen LogP contribution < -0.4 is 0 Å². The molecule has 1 atom stereocenters. The highest BCUT2D eigenvalue weighted by Gasteiger charge is 2.22. The third-order valence-electron chi connectivity index (χ3n) is 8.97. The summed E-state index contributed by atoms with van der Waals surface area (Å²) in [6.07, 6.45) is 41.8. The van der Waals surface area contributed by atoms with Crippen molar-refractivity contribution in [2.45, 2.75) is 213 Å². The average molecular weight is 729 g/mol. The number of hydrogen-bond acceptors (Lipinski definition) is 6. The van der Waals surface area contributed by atoms with Gasteiger partial charge in [0.15, 0.2) is 6.10 Å². The number of rotatable bonds is 38. The molecule has 0 aromatic carbocycles. The summed E-state index contributed by atoms with van der Waals surface area (Å²) in [5.74, 6) is -0.882. The van der Waals surface area contributed by atoms with Gasteiger partial charge in [-0.3, -0.25) is 14.1 Å². The van der Waals surface area contributed by atoms with Gasteiger partial charge < -0.3 is 19.3 Å². The Balaban J connectivity index is 3.89. The van der Waals surface area contributed by atoms with Gasteiger partial charge in [-0.1, -0.05) is 173 Å². The summed E-state index contributed by atoms with van der Waals surface area (Å²) in [5.41, 5.74) is 0. The third kappa shape index (κ3) is 39.3. The molecule has 294 valence electrons. The maximum absolute atomic E-state index is 12.4. The van der Waals surface area contributed by atoms with E-state index >= 15 is 0 Å². The van der Waals surface area contributed by atoms with Crippen LogP contribution in [0.1, 0.15) is 206 Å². The molecule has 50 heavy (non-hydrogen) atoms. The zero-order chi connectivity index (χ0) is 36.8. The lowest BCUT2D eigenvalue weighted by Gasteiger charge is -2.18. The van der Waals surface area contributed by atoms with E-state index in [2.05, 4.69) is 42.7 Å². The summed E-state index contributed by atoms with van der Waals surface area (Å²) in [4.78, 5) is 42.8. The molecule has 0 aliphatic heterocycles. The van der Waals surface area contributed by atoms with Crippen molar-refractivity contribution in [1.82, 2.24) is 0 Å². The fourth-order valence-electron chi connectivity index (χ4n) is 5.87. The summed E-state index contributed by atoms with van der Waals surface area (Å²) in [6.45, 7) is 3.66. The average Bonchev–Trinajstić information content (AvgIpc) is 3.08. The number of allylic oxidation sites excluding steroid dienone is 4. The lowest BCUT2D eigenvalue weighted by molar-refractivity contribution is -0.161. The largest absolute Gasteiger partial charge is 0.469 e. The van der Waals surface area contributed by atoms with Crippen molar-refractivity contribution < 1.29 is 37.9 Å². The molecule has 0 heterocycles. The third-order valence-corrected chi connectivity index (χ3v) is 9.46. The van der Waals surface area contributed by atoms with E-state index in [9.17, 15) is 14.2 Å². The van der Waals surface area contributed by atoms with Gasteiger partial charge in [0.05, 0.1) is 6.61 Å². The summed E-state index contributed by atoms with van der Waals surface area (Å²) in [5, 5.41) is 0. The van der Waals surface area contributed by atoms with Gasteiger partial charge >= 0.3 is 19.8 Å². The SMILES string of the molecule is CCCCC/C=C\C/C=C\CCCCCCCCCCCC(=O)OC[C@H](COP(=O)(O)O)OC(=O)CCCCCCCCCCCCCCC. The first kappa shape index (κ1) is 48.5. The molecule has 0 amide bonds. The van der Waals surface area contributed by atoms with Gasteiger partial charge in [-0.05, 0) is 44.9 Å². The van der Waals surface area contributed by atoms with Crippen LogP contribution in [-0.2, 0) is 28.2 Å². The molecule has 0 saturated carbocycles. The minimum atomic E-state index is -4.75. The van der Waals surface area contributed by atoms with Crippen molar-refractivity contribution in [1.29, 1.82) is 0 Å². The number of unbranched alkanes of at least 4 members (excludes halogenated alkanes) is 24. The Labute approximate surface area is 307 Å². The topological polar surface area (TPSA) is 119 Å². The summed E-state index contributed by atoms with van der Waals surface area (Å²) in [7, 11) is -4.75. The minimum absolute atomic E-state index is 0.215. The molecule has 9 heteroatoms. The zero-order valence-corrected chi connectivity index (χ0v) is 33.2. The van der Waals surface area contributed by atoms with E-state index < -0.39 is 32.5 Å². The molecule has 2 N–H and O–H groups in total. The molecule has 0 radical (unpaired) electrons. The smallest absolute Gasteiger partial charge is 0.462 e. The van der Waals surface area contributed by atoms with Crippen molar-refractivity contribution in [2.24, 2.45) is 0 Å². The number of carbonyl (C=O) groups is 2. The Morgan fingerprint density at radius 3 is 1.36 bits per heavy atom. The van der Waals surface area contributed by atoms with Crippen LogP contribution in [0.3, 0.4) is 0 Å². The van der Waals surface area contributed by atoms with Gasteiger partial charge in [0.1, 0.15) is 6.61 Å². The Bertz CT molecular complexity index is 869. The predicted octanol–water partition coefficient (Wildman–Crippen LogP) is 12.4. The van der Waals surface area contributed by atoms with E-state index in [-0.39, 0.29) is 19.4 Å². The van der Waals surface area contributed by atoms with E-state index in [1.165, 1.54) is 122 Å².